The highest BCUT2D eigenvalue weighted by Crippen LogP contribution is 2.27. The number of para-hydroxylation sites is 1. The number of carbonyl (C=O) groups is 1. The fourth-order valence-electron chi connectivity index (χ4n) is 3.21. The van der Waals surface area contributed by atoms with Gasteiger partial charge in [0.25, 0.3) is 0 Å². The lowest BCUT2D eigenvalue weighted by atomic mass is 10.2. The summed E-state index contributed by atoms with van der Waals surface area (Å²) in [6.07, 6.45) is 0.500. The molecule has 10 heteroatoms. The van der Waals surface area contributed by atoms with Crippen molar-refractivity contribution in [2.45, 2.75) is 30.6 Å². The van der Waals surface area contributed by atoms with Crippen LogP contribution in [0.5, 0.6) is 0 Å². The molecule has 0 N–H and O–H groups in total. The summed E-state index contributed by atoms with van der Waals surface area (Å²) in [6.45, 7) is 2.05. The van der Waals surface area contributed by atoms with Gasteiger partial charge in [0.05, 0.1) is 23.3 Å². The van der Waals surface area contributed by atoms with E-state index < -0.39 is 9.84 Å². The van der Waals surface area contributed by atoms with Crippen molar-refractivity contribution in [3.8, 4) is 5.69 Å². The Balaban J connectivity index is 1.78. The molecule has 3 rings (SSSR count). The molecule has 0 unspecified atom stereocenters. The fourth-order valence-corrected chi connectivity index (χ4v) is 5.87. The van der Waals surface area contributed by atoms with Crippen molar-refractivity contribution in [3.63, 3.8) is 0 Å². The van der Waals surface area contributed by atoms with Crippen LogP contribution in [0.2, 0.25) is 0 Å². The number of thioether (sulfide) groups is 1. The Kier molecular flexibility index (Phi) is 6.65. The number of benzene rings is 1. The predicted octanol–water partition coefficient (Wildman–Crippen LogP) is 1.63. The minimum Gasteiger partial charge on any atom is -0.341 e. The molecule has 1 amide bonds. The van der Waals surface area contributed by atoms with Gasteiger partial charge in [0, 0.05) is 18.8 Å². The van der Waals surface area contributed by atoms with Gasteiger partial charge in [-0.05, 0) is 39.6 Å². The molecule has 2 atom stereocenters. The molecule has 1 aromatic carbocycles. The van der Waals surface area contributed by atoms with Gasteiger partial charge in [-0.25, -0.2) is 8.42 Å². The average Bonchev–Trinajstić information content (AvgIpc) is 3.28. The summed E-state index contributed by atoms with van der Waals surface area (Å²) in [5, 5.41) is 9.35. The van der Waals surface area contributed by atoms with Crippen molar-refractivity contribution in [3.05, 3.63) is 36.2 Å². The zero-order chi connectivity index (χ0) is 21.2. The number of aromatic nitrogens is 3. The molecular weight excluding hydrogens is 410 g/mol. The van der Waals surface area contributed by atoms with Crippen LogP contribution in [-0.4, -0.2) is 83.3 Å². The highest BCUT2D eigenvalue weighted by atomic mass is 32.2. The first-order valence-electron chi connectivity index (χ1n) is 9.45. The van der Waals surface area contributed by atoms with Crippen LogP contribution in [0.4, 0.5) is 0 Å². The number of nitrogens with zero attached hydrogens (tertiary/aromatic N) is 5. The number of carbonyl (C=O) groups excluding carboxylic acids is 1. The Bertz CT molecular complexity index is 959. The maximum atomic E-state index is 12.7. The summed E-state index contributed by atoms with van der Waals surface area (Å²) in [7, 11) is 2.61. The summed E-state index contributed by atoms with van der Waals surface area (Å²) in [6, 6.07) is 9.61. The lowest BCUT2D eigenvalue weighted by Gasteiger charge is -2.23. The van der Waals surface area contributed by atoms with Crippen LogP contribution < -0.4 is 0 Å². The second-order valence-electron chi connectivity index (χ2n) is 7.50. The van der Waals surface area contributed by atoms with Gasteiger partial charge in [0.15, 0.2) is 20.8 Å². The van der Waals surface area contributed by atoms with Gasteiger partial charge in [0.1, 0.15) is 0 Å². The summed E-state index contributed by atoms with van der Waals surface area (Å²) >= 11 is 1.32. The fraction of sp³-hybridized carbons (Fsp3) is 0.526. The van der Waals surface area contributed by atoms with Crippen LogP contribution in [0, 0.1) is 0 Å². The number of sulfone groups is 1. The summed E-state index contributed by atoms with van der Waals surface area (Å²) < 4.78 is 25.4. The molecule has 8 nitrogen and oxygen atoms in total. The van der Waals surface area contributed by atoms with Crippen LogP contribution in [-0.2, 0) is 14.6 Å². The van der Waals surface area contributed by atoms with E-state index in [1.165, 1.54) is 11.8 Å². The van der Waals surface area contributed by atoms with Gasteiger partial charge < -0.3 is 4.90 Å². The second kappa shape index (κ2) is 8.85. The van der Waals surface area contributed by atoms with Crippen LogP contribution in [0.15, 0.2) is 35.5 Å². The second-order valence-corrected chi connectivity index (χ2v) is 10.7. The lowest BCUT2D eigenvalue weighted by molar-refractivity contribution is -0.128. The highest BCUT2D eigenvalue weighted by Gasteiger charge is 2.33. The maximum absolute atomic E-state index is 12.7. The van der Waals surface area contributed by atoms with Crippen molar-refractivity contribution in [1.82, 2.24) is 24.6 Å². The van der Waals surface area contributed by atoms with E-state index in [0.29, 0.717) is 11.6 Å². The first-order chi connectivity index (χ1) is 13.7. The van der Waals surface area contributed by atoms with Crippen LogP contribution in [0.1, 0.15) is 25.2 Å². The standard InChI is InChI=1S/C19H27N5O3S2/c1-14(22(2)3)18-20-21-19(24(18)15-8-6-5-7-9-15)28-12-17(25)23(4)16-10-11-29(26,27)13-16/h5-9,14,16H,10-13H2,1-4H3/t14-,16-/m0/s1. The van der Waals surface area contributed by atoms with E-state index in [1.54, 1.807) is 11.9 Å². The molecule has 0 radical (unpaired) electrons. The van der Waals surface area contributed by atoms with E-state index in [2.05, 4.69) is 22.0 Å². The first-order valence-corrected chi connectivity index (χ1v) is 12.3. The monoisotopic (exact) mass is 437 g/mol. The number of amides is 1. The van der Waals surface area contributed by atoms with Crippen molar-refractivity contribution >= 4 is 27.5 Å². The summed E-state index contributed by atoms with van der Waals surface area (Å²) in [4.78, 5) is 16.3. The molecule has 1 aliphatic heterocycles. The molecule has 0 spiro atoms. The topological polar surface area (TPSA) is 88.4 Å². The Labute approximate surface area is 176 Å². The van der Waals surface area contributed by atoms with Gasteiger partial charge >= 0.3 is 0 Å². The molecule has 1 saturated heterocycles. The summed E-state index contributed by atoms with van der Waals surface area (Å²) in [5.74, 6) is 1.06. The van der Waals surface area contributed by atoms with E-state index in [9.17, 15) is 13.2 Å². The third-order valence-electron chi connectivity index (χ3n) is 5.30. The smallest absolute Gasteiger partial charge is 0.233 e. The maximum Gasteiger partial charge on any atom is 0.233 e. The quantitative estimate of drug-likeness (QED) is 0.608. The van der Waals surface area contributed by atoms with Crippen molar-refractivity contribution in [2.75, 3.05) is 38.4 Å². The van der Waals surface area contributed by atoms with Crippen molar-refractivity contribution in [2.24, 2.45) is 0 Å². The lowest BCUT2D eigenvalue weighted by Crippen LogP contribution is -2.38. The van der Waals surface area contributed by atoms with Crippen LogP contribution in [0.25, 0.3) is 5.69 Å². The largest absolute Gasteiger partial charge is 0.341 e. The van der Waals surface area contributed by atoms with Gasteiger partial charge in [-0.3, -0.25) is 14.3 Å². The highest BCUT2D eigenvalue weighted by molar-refractivity contribution is 7.99. The minimum atomic E-state index is -3.03. The Morgan fingerprint density at radius 2 is 1.93 bits per heavy atom. The molecule has 2 heterocycles. The molecule has 1 fully saturated rings. The number of rotatable bonds is 7. The van der Waals surface area contributed by atoms with Crippen molar-refractivity contribution in [1.29, 1.82) is 0 Å². The Morgan fingerprint density at radius 1 is 1.24 bits per heavy atom. The van der Waals surface area contributed by atoms with E-state index in [1.807, 2.05) is 49.0 Å². The Hall–Kier alpha value is -1.91. The zero-order valence-electron chi connectivity index (χ0n) is 17.1. The SMILES string of the molecule is C[C@@H](c1nnc(SCC(=O)N(C)[C@H]2CCS(=O)(=O)C2)n1-c1ccccc1)N(C)C. The van der Waals surface area contributed by atoms with E-state index in [-0.39, 0.29) is 35.2 Å². The zero-order valence-corrected chi connectivity index (χ0v) is 18.8. The van der Waals surface area contributed by atoms with E-state index in [0.717, 1.165) is 11.5 Å². The molecule has 1 aliphatic rings. The molecule has 0 bridgehead atoms. The molecule has 0 aliphatic carbocycles. The van der Waals surface area contributed by atoms with E-state index in [4.69, 9.17) is 0 Å². The Morgan fingerprint density at radius 3 is 2.52 bits per heavy atom. The number of hydrogen-bond donors (Lipinski definition) is 0. The molecule has 29 heavy (non-hydrogen) atoms. The van der Waals surface area contributed by atoms with Crippen molar-refractivity contribution < 1.29 is 13.2 Å². The molecule has 158 valence electrons. The predicted molar refractivity (Wildman–Crippen MR) is 114 cm³/mol. The van der Waals surface area contributed by atoms with Crippen LogP contribution >= 0.6 is 11.8 Å². The van der Waals surface area contributed by atoms with Crippen LogP contribution in [0.3, 0.4) is 0 Å². The average molecular weight is 438 g/mol. The minimum absolute atomic E-state index is 0.0409. The van der Waals surface area contributed by atoms with Gasteiger partial charge in [0.2, 0.25) is 5.91 Å². The first kappa shape index (κ1) is 21.8. The van der Waals surface area contributed by atoms with Gasteiger partial charge in [-0.2, -0.15) is 0 Å². The normalized spacial score (nSPS) is 19.4. The molecule has 2 aromatic rings. The number of hydrogen-bond acceptors (Lipinski definition) is 7. The van der Waals surface area contributed by atoms with E-state index >= 15 is 0 Å². The molecule has 0 saturated carbocycles. The molecular formula is C19H27N5O3S2. The third kappa shape index (κ3) is 4.99. The third-order valence-corrected chi connectivity index (χ3v) is 7.96. The molecule has 1 aromatic heterocycles. The van der Waals surface area contributed by atoms with Gasteiger partial charge in [-0.15, -0.1) is 10.2 Å². The summed E-state index contributed by atoms with van der Waals surface area (Å²) in [5.41, 5.74) is 0.936. The van der Waals surface area contributed by atoms with Gasteiger partial charge in [-0.1, -0.05) is 30.0 Å².